The molecule has 2 aromatic rings. The summed E-state index contributed by atoms with van der Waals surface area (Å²) in [6.07, 6.45) is -0.108. The summed E-state index contributed by atoms with van der Waals surface area (Å²) in [5, 5.41) is 5.50. The zero-order valence-corrected chi connectivity index (χ0v) is 13.7. The fraction of sp³-hybridized carbons (Fsp3) is 0.211. The van der Waals surface area contributed by atoms with E-state index in [4.69, 9.17) is 4.74 Å². The van der Waals surface area contributed by atoms with Crippen molar-refractivity contribution in [2.24, 2.45) is 0 Å². The highest BCUT2D eigenvalue weighted by molar-refractivity contribution is 5.96. The van der Waals surface area contributed by atoms with Crippen molar-refractivity contribution in [3.05, 3.63) is 59.7 Å². The molecule has 1 heterocycles. The Morgan fingerprint density at radius 3 is 2.20 bits per heavy atom. The van der Waals surface area contributed by atoms with Gasteiger partial charge in [-0.3, -0.25) is 9.59 Å². The topological polar surface area (TPSA) is 84.5 Å². The zero-order chi connectivity index (χ0) is 17.8. The summed E-state index contributed by atoms with van der Waals surface area (Å²) in [4.78, 5) is 35.3. The number of ether oxygens (including phenoxy) is 1. The second kappa shape index (κ2) is 7.17. The highest BCUT2D eigenvalue weighted by Gasteiger charge is 2.31. The van der Waals surface area contributed by atoms with Gasteiger partial charge in [-0.15, -0.1) is 0 Å². The third-order valence-corrected chi connectivity index (χ3v) is 3.92. The van der Waals surface area contributed by atoms with Crippen LogP contribution in [0.2, 0.25) is 0 Å². The maximum Gasteiger partial charge on any atom is 0.339 e. The first-order chi connectivity index (χ1) is 12.1. The lowest BCUT2D eigenvalue weighted by Crippen LogP contribution is -2.16. The Labute approximate surface area is 145 Å². The standard InChI is InChI=1S/C19H18N2O4/c1-2-17(22)20-12-7-9-13(10-8-12)21-18(23)11-16-14-5-3-4-6-15(14)19(24)25-16/h3-10,16H,2,11H2,1H3,(H,20,22)(H,21,23). The summed E-state index contributed by atoms with van der Waals surface area (Å²) >= 11 is 0. The van der Waals surface area contributed by atoms with E-state index in [0.717, 1.165) is 5.56 Å². The zero-order valence-electron chi connectivity index (χ0n) is 13.7. The minimum Gasteiger partial charge on any atom is -0.453 e. The van der Waals surface area contributed by atoms with Crippen molar-refractivity contribution < 1.29 is 19.1 Å². The number of hydrogen-bond acceptors (Lipinski definition) is 4. The molecule has 6 nitrogen and oxygen atoms in total. The molecule has 1 unspecified atom stereocenters. The molecule has 3 rings (SSSR count). The monoisotopic (exact) mass is 338 g/mol. The summed E-state index contributed by atoms with van der Waals surface area (Å²) in [7, 11) is 0. The van der Waals surface area contributed by atoms with Crippen LogP contribution >= 0.6 is 0 Å². The molecule has 2 aromatic carbocycles. The Morgan fingerprint density at radius 2 is 1.56 bits per heavy atom. The first-order valence-corrected chi connectivity index (χ1v) is 8.06. The molecule has 1 aliphatic rings. The Balaban J connectivity index is 1.60. The number of anilines is 2. The predicted molar refractivity (Wildman–Crippen MR) is 93.2 cm³/mol. The third kappa shape index (κ3) is 3.85. The summed E-state index contributed by atoms with van der Waals surface area (Å²) in [5.41, 5.74) is 2.53. The fourth-order valence-corrected chi connectivity index (χ4v) is 2.64. The number of benzene rings is 2. The number of cyclic esters (lactones) is 1. The van der Waals surface area contributed by atoms with E-state index >= 15 is 0 Å². The van der Waals surface area contributed by atoms with Gasteiger partial charge in [-0.2, -0.15) is 0 Å². The predicted octanol–water partition coefficient (Wildman–Crippen LogP) is 3.28. The highest BCUT2D eigenvalue weighted by Crippen LogP contribution is 2.32. The number of carbonyl (C=O) groups excluding carboxylic acids is 3. The molecule has 1 aliphatic heterocycles. The van der Waals surface area contributed by atoms with Crippen LogP contribution in [0.3, 0.4) is 0 Å². The van der Waals surface area contributed by atoms with E-state index in [-0.39, 0.29) is 18.2 Å². The molecule has 0 saturated heterocycles. The number of esters is 1. The van der Waals surface area contributed by atoms with Crippen molar-refractivity contribution >= 4 is 29.2 Å². The minimum atomic E-state index is -0.563. The summed E-state index contributed by atoms with van der Waals surface area (Å²) in [5.74, 6) is -0.720. The number of rotatable bonds is 5. The van der Waals surface area contributed by atoms with Crippen LogP contribution in [0.1, 0.15) is 41.8 Å². The molecule has 2 amide bonds. The van der Waals surface area contributed by atoms with Gasteiger partial charge >= 0.3 is 5.97 Å². The van der Waals surface area contributed by atoms with Crippen LogP contribution in [0.15, 0.2) is 48.5 Å². The molecule has 0 saturated carbocycles. The van der Waals surface area contributed by atoms with E-state index in [1.165, 1.54) is 0 Å². The summed E-state index contributed by atoms with van der Waals surface area (Å²) < 4.78 is 5.27. The van der Waals surface area contributed by atoms with Crippen LogP contribution in [-0.4, -0.2) is 17.8 Å². The van der Waals surface area contributed by atoms with E-state index in [2.05, 4.69) is 10.6 Å². The average molecular weight is 338 g/mol. The van der Waals surface area contributed by atoms with Crippen LogP contribution in [0, 0.1) is 0 Å². The van der Waals surface area contributed by atoms with Gasteiger partial charge in [-0.1, -0.05) is 25.1 Å². The van der Waals surface area contributed by atoms with E-state index in [0.29, 0.717) is 23.4 Å². The Kier molecular flexibility index (Phi) is 4.79. The van der Waals surface area contributed by atoms with Gasteiger partial charge in [0.05, 0.1) is 12.0 Å². The van der Waals surface area contributed by atoms with Gasteiger partial charge in [0.25, 0.3) is 0 Å². The molecule has 1 atom stereocenters. The molecule has 2 N–H and O–H groups in total. The maximum atomic E-state index is 12.2. The Morgan fingerprint density at radius 1 is 0.960 bits per heavy atom. The number of fused-ring (bicyclic) bond motifs is 1. The van der Waals surface area contributed by atoms with Gasteiger partial charge in [0, 0.05) is 23.4 Å². The number of amides is 2. The van der Waals surface area contributed by atoms with Gasteiger partial charge in [0.1, 0.15) is 6.10 Å². The van der Waals surface area contributed by atoms with Crippen LogP contribution in [0.5, 0.6) is 0 Å². The Bertz CT molecular complexity index is 814. The second-order valence-electron chi connectivity index (χ2n) is 5.71. The van der Waals surface area contributed by atoms with E-state index in [1.807, 2.05) is 6.07 Å². The summed E-state index contributed by atoms with van der Waals surface area (Å²) in [6, 6.07) is 13.9. The first kappa shape index (κ1) is 16.7. The quantitative estimate of drug-likeness (QED) is 0.820. The smallest absolute Gasteiger partial charge is 0.339 e. The molecule has 0 bridgehead atoms. The van der Waals surface area contributed by atoms with E-state index in [1.54, 1.807) is 49.4 Å². The molecule has 0 spiro atoms. The highest BCUT2D eigenvalue weighted by atomic mass is 16.5. The van der Waals surface area contributed by atoms with Crippen molar-refractivity contribution in [2.75, 3.05) is 10.6 Å². The average Bonchev–Trinajstić information content (AvgIpc) is 2.92. The van der Waals surface area contributed by atoms with Gasteiger partial charge in [0.2, 0.25) is 11.8 Å². The van der Waals surface area contributed by atoms with E-state index < -0.39 is 12.1 Å². The van der Waals surface area contributed by atoms with Crippen molar-refractivity contribution in [3.8, 4) is 0 Å². The molecule has 0 aromatic heterocycles. The molecule has 6 heteroatoms. The van der Waals surface area contributed by atoms with Crippen molar-refractivity contribution in [1.29, 1.82) is 0 Å². The molecule has 0 aliphatic carbocycles. The normalized spacial score (nSPS) is 15.2. The number of nitrogens with one attached hydrogen (secondary N) is 2. The molecule has 128 valence electrons. The lowest BCUT2D eigenvalue weighted by Gasteiger charge is -2.11. The van der Waals surface area contributed by atoms with Gasteiger partial charge in [-0.25, -0.2) is 4.79 Å². The molecular weight excluding hydrogens is 320 g/mol. The number of hydrogen-bond donors (Lipinski definition) is 2. The van der Waals surface area contributed by atoms with Gasteiger partial charge in [0.15, 0.2) is 0 Å². The SMILES string of the molecule is CCC(=O)Nc1ccc(NC(=O)CC2OC(=O)c3ccccc32)cc1. The molecule has 0 radical (unpaired) electrons. The third-order valence-electron chi connectivity index (χ3n) is 3.92. The van der Waals surface area contributed by atoms with Crippen molar-refractivity contribution in [1.82, 2.24) is 0 Å². The molecule has 0 fully saturated rings. The summed E-state index contributed by atoms with van der Waals surface area (Å²) in [6.45, 7) is 1.78. The lowest BCUT2D eigenvalue weighted by atomic mass is 10.0. The van der Waals surface area contributed by atoms with Crippen LogP contribution in [0.4, 0.5) is 11.4 Å². The molecular formula is C19H18N2O4. The first-order valence-electron chi connectivity index (χ1n) is 8.06. The van der Waals surface area contributed by atoms with Crippen LogP contribution in [0.25, 0.3) is 0 Å². The largest absolute Gasteiger partial charge is 0.453 e. The lowest BCUT2D eigenvalue weighted by molar-refractivity contribution is -0.118. The molecule has 25 heavy (non-hydrogen) atoms. The van der Waals surface area contributed by atoms with Crippen LogP contribution < -0.4 is 10.6 Å². The van der Waals surface area contributed by atoms with Crippen molar-refractivity contribution in [3.63, 3.8) is 0 Å². The van der Waals surface area contributed by atoms with Gasteiger partial charge < -0.3 is 15.4 Å². The maximum absolute atomic E-state index is 12.2. The fourth-order valence-electron chi connectivity index (χ4n) is 2.64. The second-order valence-corrected chi connectivity index (χ2v) is 5.71. The van der Waals surface area contributed by atoms with Crippen LogP contribution in [-0.2, 0) is 14.3 Å². The Hall–Kier alpha value is -3.15. The van der Waals surface area contributed by atoms with Crippen molar-refractivity contribution in [2.45, 2.75) is 25.9 Å². The van der Waals surface area contributed by atoms with E-state index in [9.17, 15) is 14.4 Å². The number of carbonyl (C=O) groups is 3. The minimum absolute atomic E-state index is 0.0527. The van der Waals surface area contributed by atoms with Gasteiger partial charge in [-0.05, 0) is 30.3 Å².